The fourth-order valence-electron chi connectivity index (χ4n) is 4.01. The Morgan fingerprint density at radius 2 is 1.47 bits per heavy atom. The van der Waals surface area contributed by atoms with Crippen LogP contribution >= 0.6 is 0 Å². The van der Waals surface area contributed by atoms with Crippen LogP contribution in [0.25, 0.3) is 0 Å². The number of aliphatic hydroxyl groups is 1. The first-order chi connectivity index (χ1) is 15.8. The highest BCUT2D eigenvalue weighted by Crippen LogP contribution is 2.36. The average molecular weight is 434 g/mol. The van der Waals surface area contributed by atoms with Gasteiger partial charge in [0.25, 0.3) is 0 Å². The first-order valence-corrected chi connectivity index (χ1v) is 10.8. The van der Waals surface area contributed by atoms with E-state index in [1.165, 1.54) is 0 Å². The molecule has 2 fully saturated rings. The van der Waals surface area contributed by atoms with E-state index < -0.39 is 37.0 Å². The van der Waals surface area contributed by atoms with Crippen molar-refractivity contribution in [3.8, 4) is 5.75 Å². The van der Waals surface area contributed by atoms with Gasteiger partial charge in [0.1, 0.15) is 24.1 Å². The van der Waals surface area contributed by atoms with Crippen LogP contribution in [0.5, 0.6) is 5.75 Å². The molecule has 0 amide bonds. The molecule has 5 rings (SSSR count). The Hall–Kier alpha value is -2.74. The molecule has 0 spiro atoms. The van der Waals surface area contributed by atoms with Crippen LogP contribution in [0.1, 0.15) is 17.4 Å². The molecule has 2 aliphatic rings. The molecule has 0 aliphatic carbocycles. The van der Waals surface area contributed by atoms with Crippen LogP contribution in [0, 0.1) is 0 Å². The molecule has 6 heteroatoms. The van der Waals surface area contributed by atoms with E-state index in [1.54, 1.807) is 0 Å². The second kappa shape index (κ2) is 9.81. The summed E-state index contributed by atoms with van der Waals surface area (Å²) in [5.74, 6) is 0.624. The highest BCUT2D eigenvalue weighted by molar-refractivity contribution is 5.22. The van der Waals surface area contributed by atoms with Crippen molar-refractivity contribution in [3.63, 3.8) is 0 Å². The van der Waals surface area contributed by atoms with E-state index in [0.717, 1.165) is 11.1 Å². The molecular weight excluding hydrogens is 408 g/mol. The van der Waals surface area contributed by atoms with Crippen LogP contribution in [-0.4, -0.2) is 42.4 Å². The van der Waals surface area contributed by atoms with Gasteiger partial charge in [-0.15, -0.1) is 0 Å². The fourth-order valence-corrected chi connectivity index (χ4v) is 4.01. The zero-order valence-corrected chi connectivity index (χ0v) is 17.5. The minimum atomic E-state index is -0.968. The van der Waals surface area contributed by atoms with Gasteiger partial charge in [0.15, 0.2) is 18.7 Å². The average Bonchev–Trinajstić information content (AvgIpc) is 2.86. The molecule has 0 unspecified atom stereocenters. The first kappa shape index (κ1) is 21.1. The lowest BCUT2D eigenvalue weighted by molar-refractivity contribution is -0.359. The van der Waals surface area contributed by atoms with Gasteiger partial charge in [0.05, 0.1) is 13.2 Å². The normalized spacial score (nSPS) is 29.8. The summed E-state index contributed by atoms with van der Waals surface area (Å²) in [6.07, 6.45) is -4.18. The number of para-hydroxylation sites is 1. The van der Waals surface area contributed by atoms with Crippen molar-refractivity contribution in [2.24, 2.45) is 0 Å². The Morgan fingerprint density at radius 3 is 2.19 bits per heavy atom. The number of rotatable bonds is 6. The van der Waals surface area contributed by atoms with Gasteiger partial charge in [-0.25, -0.2) is 0 Å². The molecule has 2 saturated heterocycles. The zero-order chi connectivity index (χ0) is 21.8. The van der Waals surface area contributed by atoms with Gasteiger partial charge in [-0.2, -0.15) is 0 Å². The van der Waals surface area contributed by atoms with Gasteiger partial charge < -0.3 is 28.8 Å². The van der Waals surface area contributed by atoms with Crippen LogP contribution in [0.4, 0.5) is 0 Å². The van der Waals surface area contributed by atoms with Crippen LogP contribution in [0.3, 0.4) is 0 Å². The summed E-state index contributed by atoms with van der Waals surface area (Å²) in [5.41, 5.74) is 1.90. The van der Waals surface area contributed by atoms with Crippen molar-refractivity contribution < 1.29 is 28.8 Å². The number of hydrogen-bond acceptors (Lipinski definition) is 6. The van der Waals surface area contributed by atoms with Crippen molar-refractivity contribution in [3.05, 3.63) is 102 Å². The summed E-state index contributed by atoms with van der Waals surface area (Å²) in [5, 5.41) is 11.3. The van der Waals surface area contributed by atoms with Gasteiger partial charge in [-0.1, -0.05) is 78.9 Å². The molecule has 32 heavy (non-hydrogen) atoms. The molecule has 0 bridgehead atoms. The van der Waals surface area contributed by atoms with E-state index in [0.29, 0.717) is 12.4 Å². The number of hydrogen-bond donors (Lipinski definition) is 1. The molecule has 3 aromatic carbocycles. The molecule has 6 atom stereocenters. The monoisotopic (exact) mass is 434 g/mol. The maximum absolute atomic E-state index is 11.3. The second-order valence-electron chi connectivity index (χ2n) is 7.90. The predicted octanol–water partition coefficient (Wildman–Crippen LogP) is 3.85. The maximum atomic E-state index is 11.3. The number of ether oxygens (including phenoxy) is 5. The largest absolute Gasteiger partial charge is 0.482 e. The van der Waals surface area contributed by atoms with Crippen LogP contribution in [-0.2, 0) is 25.6 Å². The van der Waals surface area contributed by atoms with Crippen LogP contribution in [0.2, 0.25) is 0 Å². The van der Waals surface area contributed by atoms with Gasteiger partial charge >= 0.3 is 0 Å². The Morgan fingerprint density at radius 1 is 0.812 bits per heavy atom. The second-order valence-corrected chi connectivity index (χ2v) is 7.90. The van der Waals surface area contributed by atoms with Gasteiger partial charge in [-0.3, -0.25) is 0 Å². The number of benzene rings is 3. The molecule has 0 radical (unpaired) electrons. The predicted molar refractivity (Wildman–Crippen MR) is 117 cm³/mol. The molecule has 0 aromatic heterocycles. The van der Waals surface area contributed by atoms with Gasteiger partial charge in [0, 0.05) is 5.56 Å². The van der Waals surface area contributed by atoms with Crippen LogP contribution < -0.4 is 4.74 Å². The Labute approximate surface area is 187 Å². The molecule has 2 aliphatic heterocycles. The lowest BCUT2D eigenvalue weighted by Crippen LogP contribution is -2.63. The standard InChI is InChI=1S/C26H26O6/c27-22-23-21(17-29-25(32-23)19-12-6-2-7-13-19)31-26(28-16-18-10-4-1-5-11-18)24(22)30-20-14-8-3-9-15-20/h1-15,21-27H,16-17H2/t21-,22+,23-,24+,25-,26+/m1/s1. The third kappa shape index (κ3) is 4.70. The van der Waals surface area contributed by atoms with E-state index in [1.807, 2.05) is 91.0 Å². The molecule has 6 nitrogen and oxygen atoms in total. The maximum Gasteiger partial charge on any atom is 0.198 e. The fraction of sp³-hybridized carbons (Fsp3) is 0.308. The lowest BCUT2D eigenvalue weighted by Gasteiger charge is -2.47. The minimum absolute atomic E-state index is 0.282. The summed E-state index contributed by atoms with van der Waals surface area (Å²) >= 11 is 0. The van der Waals surface area contributed by atoms with E-state index in [9.17, 15) is 5.11 Å². The molecule has 2 heterocycles. The summed E-state index contributed by atoms with van der Waals surface area (Å²) in [4.78, 5) is 0. The van der Waals surface area contributed by atoms with E-state index >= 15 is 0 Å². The topological polar surface area (TPSA) is 66.4 Å². The zero-order valence-electron chi connectivity index (χ0n) is 17.5. The Kier molecular flexibility index (Phi) is 6.48. The summed E-state index contributed by atoms with van der Waals surface area (Å²) < 4.78 is 30.4. The Bertz CT molecular complexity index is 967. The highest BCUT2D eigenvalue weighted by atomic mass is 16.8. The van der Waals surface area contributed by atoms with Crippen molar-refractivity contribution >= 4 is 0 Å². The number of fused-ring (bicyclic) bond motifs is 1. The van der Waals surface area contributed by atoms with E-state index in [-0.39, 0.29) is 6.61 Å². The summed E-state index contributed by atoms with van der Waals surface area (Å²) in [6.45, 7) is 0.614. The molecule has 1 N–H and O–H groups in total. The molecule has 166 valence electrons. The van der Waals surface area contributed by atoms with Crippen molar-refractivity contribution in [1.82, 2.24) is 0 Å². The van der Waals surface area contributed by atoms with Crippen LogP contribution in [0.15, 0.2) is 91.0 Å². The third-order valence-electron chi connectivity index (χ3n) is 5.65. The quantitative estimate of drug-likeness (QED) is 0.636. The number of aliphatic hydroxyl groups excluding tert-OH is 1. The molecule has 0 saturated carbocycles. The molecule has 3 aromatic rings. The smallest absolute Gasteiger partial charge is 0.198 e. The SMILES string of the molecule is O[C@@H]1[C@H](Oc2ccccc2)[C@@H](OCc2ccccc2)O[C@@H]2CO[C@@H](c3ccccc3)O[C@@H]12. The summed E-state index contributed by atoms with van der Waals surface area (Å²) in [6, 6.07) is 28.8. The van der Waals surface area contributed by atoms with Gasteiger partial charge in [-0.05, 0) is 17.7 Å². The van der Waals surface area contributed by atoms with Gasteiger partial charge in [0.2, 0.25) is 0 Å². The van der Waals surface area contributed by atoms with E-state index in [4.69, 9.17) is 23.7 Å². The van der Waals surface area contributed by atoms with Crippen molar-refractivity contribution in [1.29, 1.82) is 0 Å². The summed E-state index contributed by atoms with van der Waals surface area (Å²) in [7, 11) is 0. The van der Waals surface area contributed by atoms with Crippen molar-refractivity contribution in [2.45, 2.75) is 43.6 Å². The minimum Gasteiger partial charge on any atom is -0.482 e. The highest BCUT2D eigenvalue weighted by Gasteiger charge is 2.51. The van der Waals surface area contributed by atoms with Crippen molar-refractivity contribution in [2.75, 3.05) is 6.61 Å². The van der Waals surface area contributed by atoms with E-state index in [2.05, 4.69) is 0 Å². The first-order valence-electron chi connectivity index (χ1n) is 10.8. The molecular formula is C26H26O6. The third-order valence-corrected chi connectivity index (χ3v) is 5.65. The Balaban J connectivity index is 1.35. The lowest BCUT2D eigenvalue weighted by atomic mass is 9.97.